The van der Waals surface area contributed by atoms with Gasteiger partial charge in [0, 0.05) is 5.75 Å². The molecule has 0 saturated heterocycles. The van der Waals surface area contributed by atoms with Crippen molar-refractivity contribution in [3.8, 4) is 0 Å². The summed E-state index contributed by atoms with van der Waals surface area (Å²) in [4.78, 5) is 10.8. The number of carboxylic acids is 1. The molecular weight excluding hydrogens is 240 g/mol. The predicted octanol–water partition coefficient (Wildman–Crippen LogP) is 1.17. The van der Waals surface area contributed by atoms with Crippen LogP contribution in [0.1, 0.15) is 10.4 Å². The third kappa shape index (κ3) is 2.62. The summed E-state index contributed by atoms with van der Waals surface area (Å²) in [5.74, 6) is -0.344. The fraction of sp³-hybridized carbons (Fsp3) is 0.200. The fourth-order valence-corrected chi connectivity index (χ4v) is 2.10. The molecule has 0 aliphatic carbocycles. The Morgan fingerprint density at radius 2 is 2.18 bits per heavy atom. The van der Waals surface area contributed by atoms with Gasteiger partial charge in [0.1, 0.15) is 6.17 Å². The predicted molar refractivity (Wildman–Crippen MR) is 68.8 cm³/mol. The molecule has 1 aliphatic rings. The number of amidine groups is 1. The van der Waals surface area contributed by atoms with Gasteiger partial charge in [0.2, 0.25) is 0 Å². The lowest BCUT2D eigenvalue weighted by molar-refractivity contribution is 0.0697. The molecule has 90 valence electrons. The zero-order chi connectivity index (χ0) is 12.4. The van der Waals surface area contributed by atoms with Gasteiger partial charge < -0.3 is 21.5 Å². The summed E-state index contributed by atoms with van der Waals surface area (Å²) in [5.41, 5.74) is 7.13. The molecule has 0 bridgehead atoms. The molecule has 1 aromatic rings. The zero-order valence-corrected chi connectivity index (χ0v) is 9.67. The average molecular weight is 252 g/mol. The van der Waals surface area contributed by atoms with E-state index < -0.39 is 5.97 Å². The van der Waals surface area contributed by atoms with E-state index in [1.807, 2.05) is 0 Å². The number of aromatic carboxylic acids is 1. The third-order valence-corrected chi connectivity index (χ3v) is 3.14. The summed E-state index contributed by atoms with van der Waals surface area (Å²) in [6, 6.07) is 4.86. The van der Waals surface area contributed by atoms with Crippen LogP contribution in [0, 0.1) is 5.41 Å². The zero-order valence-electron chi connectivity index (χ0n) is 8.86. The van der Waals surface area contributed by atoms with Crippen molar-refractivity contribution in [2.75, 3.05) is 16.4 Å². The highest BCUT2D eigenvalue weighted by Gasteiger charge is 2.20. The van der Waals surface area contributed by atoms with Crippen molar-refractivity contribution in [3.63, 3.8) is 0 Å². The van der Waals surface area contributed by atoms with E-state index in [1.165, 1.54) is 11.8 Å². The van der Waals surface area contributed by atoms with Gasteiger partial charge in [-0.15, -0.1) is 0 Å². The van der Waals surface area contributed by atoms with Crippen molar-refractivity contribution in [1.29, 1.82) is 5.41 Å². The van der Waals surface area contributed by atoms with Crippen LogP contribution in [0.2, 0.25) is 0 Å². The highest BCUT2D eigenvalue weighted by atomic mass is 32.2. The first-order valence-electron chi connectivity index (χ1n) is 4.93. The molecule has 0 amide bonds. The minimum atomic E-state index is -0.948. The van der Waals surface area contributed by atoms with Gasteiger partial charge in [0.05, 0.1) is 16.9 Å². The molecule has 0 radical (unpaired) electrons. The quantitative estimate of drug-likeness (QED) is 0.408. The molecule has 1 aliphatic heterocycles. The largest absolute Gasteiger partial charge is 0.478 e. The van der Waals surface area contributed by atoms with Crippen LogP contribution < -0.4 is 16.4 Å². The van der Waals surface area contributed by atoms with Crippen LogP contribution in [0.25, 0.3) is 0 Å². The van der Waals surface area contributed by atoms with E-state index in [0.29, 0.717) is 5.75 Å². The number of benzene rings is 1. The molecule has 0 saturated carbocycles. The summed E-state index contributed by atoms with van der Waals surface area (Å²) < 4.78 is 0. The van der Waals surface area contributed by atoms with E-state index in [2.05, 4.69) is 10.6 Å². The van der Waals surface area contributed by atoms with Gasteiger partial charge in [-0.3, -0.25) is 5.41 Å². The molecule has 17 heavy (non-hydrogen) atoms. The van der Waals surface area contributed by atoms with Crippen LogP contribution in [-0.4, -0.2) is 28.2 Å². The Labute approximate surface area is 102 Å². The van der Waals surface area contributed by atoms with E-state index in [-0.39, 0.29) is 16.9 Å². The molecule has 1 heterocycles. The summed E-state index contributed by atoms with van der Waals surface area (Å²) >= 11 is 1.23. The SMILES string of the molecule is N=C(N)SCC1Nc2ccc(C(=O)O)cc2N1. The summed E-state index contributed by atoms with van der Waals surface area (Å²) in [5, 5.41) is 22.4. The lowest BCUT2D eigenvalue weighted by Crippen LogP contribution is -2.26. The number of thioether (sulfide) groups is 1. The standard InChI is InChI=1S/C10H12N4O2S/c11-10(12)17-4-8-13-6-2-1-5(9(15)16)3-7(6)14-8/h1-3,8,13-14H,4H2,(H3,11,12)(H,15,16). The minimum absolute atomic E-state index is 0.0389. The Bertz CT molecular complexity index is 477. The normalized spacial score (nSPS) is 16.8. The second kappa shape index (κ2) is 4.54. The Hall–Kier alpha value is -1.89. The lowest BCUT2D eigenvalue weighted by atomic mass is 10.2. The fourth-order valence-electron chi connectivity index (χ4n) is 1.59. The molecule has 0 spiro atoms. The summed E-state index contributed by atoms with van der Waals surface area (Å²) in [6.07, 6.45) is -0.0389. The smallest absolute Gasteiger partial charge is 0.335 e. The van der Waals surface area contributed by atoms with E-state index in [4.69, 9.17) is 16.2 Å². The van der Waals surface area contributed by atoms with Crippen molar-refractivity contribution in [2.45, 2.75) is 6.17 Å². The molecule has 0 aromatic heterocycles. The molecule has 7 heteroatoms. The molecule has 1 atom stereocenters. The number of carbonyl (C=O) groups is 1. The second-order valence-corrected chi connectivity index (χ2v) is 4.64. The van der Waals surface area contributed by atoms with Crippen LogP contribution in [0.3, 0.4) is 0 Å². The van der Waals surface area contributed by atoms with Crippen LogP contribution in [0.15, 0.2) is 18.2 Å². The van der Waals surface area contributed by atoms with E-state index >= 15 is 0 Å². The highest BCUT2D eigenvalue weighted by molar-refractivity contribution is 8.13. The number of fused-ring (bicyclic) bond motifs is 1. The van der Waals surface area contributed by atoms with Crippen molar-refractivity contribution >= 4 is 34.3 Å². The topological polar surface area (TPSA) is 111 Å². The highest BCUT2D eigenvalue weighted by Crippen LogP contribution is 2.30. The van der Waals surface area contributed by atoms with E-state index in [9.17, 15) is 4.79 Å². The Kier molecular flexibility index (Phi) is 3.10. The van der Waals surface area contributed by atoms with Gasteiger partial charge >= 0.3 is 5.97 Å². The third-order valence-electron chi connectivity index (χ3n) is 2.33. The molecule has 6 N–H and O–H groups in total. The van der Waals surface area contributed by atoms with E-state index in [0.717, 1.165) is 11.4 Å². The summed E-state index contributed by atoms with van der Waals surface area (Å²) in [7, 11) is 0. The Morgan fingerprint density at radius 1 is 1.47 bits per heavy atom. The van der Waals surface area contributed by atoms with E-state index in [1.54, 1.807) is 18.2 Å². The van der Waals surface area contributed by atoms with Crippen molar-refractivity contribution < 1.29 is 9.90 Å². The van der Waals surface area contributed by atoms with Crippen LogP contribution >= 0.6 is 11.8 Å². The maximum Gasteiger partial charge on any atom is 0.335 e. The van der Waals surface area contributed by atoms with Crippen molar-refractivity contribution in [1.82, 2.24) is 0 Å². The maximum atomic E-state index is 10.8. The van der Waals surface area contributed by atoms with Gasteiger partial charge in [-0.05, 0) is 18.2 Å². The first-order valence-corrected chi connectivity index (χ1v) is 5.92. The minimum Gasteiger partial charge on any atom is -0.478 e. The maximum absolute atomic E-state index is 10.8. The van der Waals surface area contributed by atoms with Gasteiger partial charge in [0.15, 0.2) is 5.17 Å². The monoisotopic (exact) mass is 252 g/mol. The molecular formula is C10H12N4O2S. The lowest BCUT2D eigenvalue weighted by Gasteiger charge is -2.10. The number of carboxylic acid groups (broad SMARTS) is 1. The molecule has 2 rings (SSSR count). The number of hydrogen-bond donors (Lipinski definition) is 5. The summed E-state index contributed by atoms with van der Waals surface area (Å²) in [6.45, 7) is 0. The van der Waals surface area contributed by atoms with Gasteiger partial charge in [0.25, 0.3) is 0 Å². The van der Waals surface area contributed by atoms with Crippen molar-refractivity contribution in [3.05, 3.63) is 23.8 Å². The first kappa shape index (κ1) is 11.6. The van der Waals surface area contributed by atoms with Gasteiger partial charge in [-0.2, -0.15) is 0 Å². The molecule has 1 aromatic carbocycles. The van der Waals surface area contributed by atoms with Gasteiger partial charge in [-0.25, -0.2) is 4.79 Å². The number of anilines is 2. The average Bonchev–Trinajstić information content (AvgIpc) is 2.67. The van der Waals surface area contributed by atoms with Gasteiger partial charge in [-0.1, -0.05) is 11.8 Å². The Balaban J connectivity index is 2.06. The molecule has 0 fully saturated rings. The Morgan fingerprint density at radius 3 is 2.82 bits per heavy atom. The number of hydrogen-bond acceptors (Lipinski definition) is 5. The van der Waals surface area contributed by atoms with Crippen LogP contribution in [-0.2, 0) is 0 Å². The molecule has 1 unspecified atom stereocenters. The molecule has 6 nitrogen and oxygen atoms in total. The second-order valence-electron chi connectivity index (χ2n) is 3.58. The number of nitrogens with two attached hydrogens (primary N) is 1. The number of nitrogens with one attached hydrogen (secondary N) is 3. The van der Waals surface area contributed by atoms with Crippen LogP contribution in [0.5, 0.6) is 0 Å². The van der Waals surface area contributed by atoms with Crippen LogP contribution in [0.4, 0.5) is 11.4 Å². The van der Waals surface area contributed by atoms with Crippen molar-refractivity contribution in [2.24, 2.45) is 5.73 Å². The number of rotatable bonds is 3. The first-order chi connectivity index (χ1) is 8.06.